The first-order valence-electron chi connectivity index (χ1n) is 6.44. The van der Waals surface area contributed by atoms with E-state index >= 15 is 0 Å². The van der Waals surface area contributed by atoms with Crippen LogP contribution < -0.4 is 10.4 Å². The Hall–Kier alpha value is -1.86. The molecular weight excluding hydrogens is 220 g/mol. The Morgan fingerprint density at radius 2 is 1.83 bits per heavy atom. The topological polar surface area (TPSA) is 20.2 Å². The summed E-state index contributed by atoms with van der Waals surface area (Å²) in [5.74, 6) is 0. The minimum atomic E-state index is -0.224. The lowest BCUT2D eigenvalue weighted by molar-refractivity contribution is 0.180. The van der Waals surface area contributed by atoms with Crippen LogP contribution in [0.3, 0.4) is 0 Å². The molecule has 1 N–H and O–H groups in total. The summed E-state index contributed by atoms with van der Waals surface area (Å²) in [7, 11) is 0. The fourth-order valence-corrected chi connectivity index (χ4v) is 3.11. The summed E-state index contributed by atoms with van der Waals surface area (Å²) in [5, 5.41) is 15.0. The van der Waals surface area contributed by atoms with Crippen LogP contribution in [0.5, 0.6) is 0 Å². The van der Waals surface area contributed by atoms with Crippen molar-refractivity contribution in [3.05, 3.63) is 51.9 Å². The van der Waals surface area contributed by atoms with E-state index in [1.54, 1.807) is 0 Å². The average molecular weight is 234 g/mol. The second-order valence-electron chi connectivity index (χ2n) is 5.12. The molecule has 1 atom stereocenters. The van der Waals surface area contributed by atoms with E-state index in [-0.39, 0.29) is 6.10 Å². The van der Waals surface area contributed by atoms with Gasteiger partial charge in [-0.1, -0.05) is 48.6 Å². The van der Waals surface area contributed by atoms with Crippen LogP contribution in [0, 0.1) is 0 Å². The Morgan fingerprint density at radius 1 is 1.00 bits per heavy atom. The fourth-order valence-electron chi connectivity index (χ4n) is 3.11. The molecule has 1 nitrogen and oxygen atoms in total. The molecule has 0 saturated heterocycles. The van der Waals surface area contributed by atoms with Crippen molar-refractivity contribution in [2.45, 2.75) is 18.9 Å². The lowest BCUT2D eigenvalue weighted by atomic mass is 9.90. The summed E-state index contributed by atoms with van der Waals surface area (Å²) >= 11 is 0. The monoisotopic (exact) mass is 234 g/mol. The van der Waals surface area contributed by atoms with Crippen molar-refractivity contribution in [3.8, 4) is 0 Å². The van der Waals surface area contributed by atoms with E-state index in [1.165, 1.54) is 32.3 Å². The van der Waals surface area contributed by atoms with E-state index < -0.39 is 0 Å². The number of aliphatic hydroxyl groups is 1. The van der Waals surface area contributed by atoms with Crippen molar-refractivity contribution < 1.29 is 5.11 Å². The number of rotatable bonds is 0. The van der Waals surface area contributed by atoms with E-state index in [0.717, 1.165) is 12.8 Å². The van der Waals surface area contributed by atoms with Crippen molar-refractivity contribution in [2.24, 2.45) is 0 Å². The number of aliphatic hydroxyl groups excluding tert-OH is 1. The van der Waals surface area contributed by atoms with Gasteiger partial charge in [-0.15, -0.1) is 0 Å². The van der Waals surface area contributed by atoms with Gasteiger partial charge in [-0.2, -0.15) is 0 Å². The molecule has 0 bridgehead atoms. The van der Waals surface area contributed by atoms with E-state index in [1.807, 2.05) is 0 Å². The zero-order valence-corrected chi connectivity index (χ0v) is 10.1. The average Bonchev–Trinajstić information content (AvgIpc) is 2.86. The molecule has 0 aromatic heterocycles. The summed E-state index contributed by atoms with van der Waals surface area (Å²) in [6, 6.07) is 8.78. The van der Waals surface area contributed by atoms with Gasteiger partial charge in [-0.05, 0) is 45.2 Å². The SMILES string of the molecule is OC1CC=c2ccc3c4c(ccc3c2C1)=CC=C4. The third kappa shape index (κ3) is 1.31. The Kier molecular flexibility index (Phi) is 2.00. The van der Waals surface area contributed by atoms with Gasteiger partial charge in [0, 0.05) is 0 Å². The molecule has 1 heteroatoms. The normalized spacial score (nSPS) is 20.2. The molecule has 2 aliphatic carbocycles. The molecule has 2 aromatic rings. The van der Waals surface area contributed by atoms with Crippen LogP contribution in [0.15, 0.2) is 30.3 Å². The second kappa shape index (κ2) is 3.56. The summed E-state index contributed by atoms with van der Waals surface area (Å²) in [4.78, 5) is 0. The van der Waals surface area contributed by atoms with Gasteiger partial charge in [-0.25, -0.2) is 0 Å². The van der Waals surface area contributed by atoms with Crippen molar-refractivity contribution in [1.82, 2.24) is 0 Å². The molecule has 4 rings (SSSR count). The molecule has 18 heavy (non-hydrogen) atoms. The quantitative estimate of drug-likeness (QED) is 0.736. The highest BCUT2D eigenvalue weighted by molar-refractivity contribution is 5.95. The van der Waals surface area contributed by atoms with Crippen LogP contribution >= 0.6 is 0 Å². The standard InChI is InChI=1S/C17H14O/c18-13-7-4-12-6-8-15-14-3-1-2-11(14)5-9-16(15)17(12)10-13/h1-6,8-9,13,18H,7,10H2. The predicted octanol–water partition coefficient (Wildman–Crippen LogP) is 1.73. The lowest BCUT2D eigenvalue weighted by Gasteiger charge is -2.17. The third-order valence-corrected chi connectivity index (χ3v) is 4.01. The number of hydrogen-bond acceptors (Lipinski definition) is 1. The van der Waals surface area contributed by atoms with Gasteiger partial charge < -0.3 is 5.11 Å². The molecule has 0 spiro atoms. The first-order chi connectivity index (χ1) is 8.83. The molecule has 0 heterocycles. The second-order valence-corrected chi connectivity index (χ2v) is 5.12. The minimum absolute atomic E-state index is 0.224. The van der Waals surface area contributed by atoms with Crippen LogP contribution in [-0.4, -0.2) is 11.2 Å². The molecule has 0 amide bonds. The van der Waals surface area contributed by atoms with Crippen LogP contribution in [-0.2, 0) is 6.42 Å². The molecule has 2 aliphatic rings. The van der Waals surface area contributed by atoms with Crippen molar-refractivity contribution in [2.75, 3.05) is 0 Å². The van der Waals surface area contributed by atoms with Crippen molar-refractivity contribution >= 4 is 29.0 Å². The lowest BCUT2D eigenvalue weighted by Crippen LogP contribution is -2.23. The maximum Gasteiger partial charge on any atom is 0.0615 e. The Balaban J connectivity index is 2.15. The third-order valence-electron chi connectivity index (χ3n) is 4.01. The molecule has 0 saturated carbocycles. The summed E-state index contributed by atoms with van der Waals surface area (Å²) in [6.45, 7) is 0. The first-order valence-corrected chi connectivity index (χ1v) is 6.44. The number of allylic oxidation sites excluding steroid dienone is 1. The van der Waals surface area contributed by atoms with Gasteiger partial charge in [0.1, 0.15) is 0 Å². The van der Waals surface area contributed by atoms with Crippen LogP contribution in [0.25, 0.3) is 29.0 Å². The predicted molar refractivity (Wildman–Crippen MR) is 75.5 cm³/mol. The summed E-state index contributed by atoms with van der Waals surface area (Å²) in [6.07, 6.45) is 9.90. The maximum absolute atomic E-state index is 9.86. The molecule has 0 radical (unpaired) electrons. The van der Waals surface area contributed by atoms with E-state index in [4.69, 9.17) is 0 Å². The Labute approximate surface area is 105 Å². The fraction of sp³-hybridized carbons (Fsp3) is 0.176. The van der Waals surface area contributed by atoms with Crippen LogP contribution in [0.2, 0.25) is 0 Å². The Morgan fingerprint density at radius 3 is 2.78 bits per heavy atom. The highest BCUT2D eigenvalue weighted by atomic mass is 16.3. The van der Waals surface area contributed by atoms with E-state index in [2.05, 4.69) is 48.6 Å². The first kappa shape index (κ1) is 10.1. The van der Waals surface area contributed by atoms with E-state index in [0.29, 0.717) is 0 Å². The molecule has 0 fully saturated rings. The van der Waals surface area contributed by atoms with Gasteiger partial charge >= 0.3 is 0 Å². The molecule has 88 valence electrons. The van der Waals surface area contributed by atoms with Gasteiger partial charge in [0.15, 0.2) is 0 Å². The molecule has 1 unspecified atom stereocenters. The van der Waals surface area contributed by atoms with Crippen LogP contribution in [0.1, 0.15) is 17.5 Å². The largest absolute Gasteiger partial charge is 0.392 e. The van der Waals surface area contributed by atoms with Gasteiger partial charge in [-0.3, -0.25) is 0 Å². The maximum atomic E-state index is 9.86. The smallest absolute Gasteiger partial charge is 0.0615 e. The summed E-state index contributed by atoms with van der Waals surface area (Å²) in [5.41, 5.74) is 2.62. The van der Waals surface area contributed by atoms with Crippen molar-refractivity contribution in [3.63, 3.8) is 0 Å². The van der Waals surface area contributed by atoms with E-state index in [9.17, 15) is 5.11 Å². The minimum Gasteiger partial charge on any atom is -0.392 e. The number of hydrogen-bond donors (Lipinski definition) is 1. The van der Waals surface area contributed by atoms with Gasteiger partial charge in [0.2, 0.25) is 0 Å². The van der Waals surface area contributed by atoms with Crippen LogP contribution in [0.4, 0.5) is 0 Å². The van der Waals surface area contributed by atoms with Gasteiger partial charge in [0.05, 0.1) is 6.10 Å². The Bertz CT molecular complexity index is 796. The van der Waals surface area contributed by atoms with Crippen molar-refractivity contribution in [1.29, 1.82) is 0 Å². The zero-order chi connectivity index (χ0) is 12.1. The number of benzene rings is 2. The molecular formula is C17H14O. The van der Waals surface area contributed by atoms with Gasteiger partial charge in [0.25, 0.3) is 0 Å². The molecule has 2 aromatic carbocycles. The highest BCUT2D eigenvalue weighted by Crippen LogP contribution is 2.23. The molecule has 0 aliphatic heterocycles. The highest BCUT2D eigenvalue weighted by Gasteiger charge is 2.14. The zero-order valence-electron chi connectivity index (χ0n) is 10.1. The summed E-state index contributed by atoms with van der Waals surface area (Å²) < 4.78 is 0. The number of fused-ring (bicyclic) bond motifs is 5.